The number of nitrogen functional groups attached to an aromatic ring is 1. The standard InChI is InChI=1S/C20H12ClNO5/c21-17-13(24)8-15-16(18(17)22)20(12-6-5-9(23)7-14(12)26-15)11-4-2-1-3-10(11)19(25)27-20/h1-8,23-24H,22H2. The van der Waals surface area contributed by atoms with Crippen molar-refractivity contribution in [3.05, 3.63) is 75.8 Å². The van der Waals surface area contributed by atoms with Crippen molar-refractivity contribution in [1.29, 1.82) is 0 Å². The molecule has 2 heterocycles. The van der Waals surface area contributed by atoms with Crippen LogP contribution in [0.25, 0.3) is 0 Å². The Kier molecular flexibility index (Phi) is 2.98. The molecular weight excluding hydrogens is 370 g/mol. The summed E-state index contributed by atoms with van der Waals surface area (Å²) in [5.41, 5.74) is 6.70. The Balaban J connectivity index is 1.96. The van der Waals surface area contributed by atoms with Crippen molar-refractivity contribution >= 4 is 23.3 Å². The molecule has 3 aromatic carbocycles. The van der Waals surface area contributed by atoms with Crippen molar-refractivity contribution in [3.8, 4) is 23.0 Å². The highest BCUT2D eigenvalue weighted by molar-refractivity contribution is 6.35. The number of aromatic hydroxyl groups is 2. The van der Waals surface area contributed by atoms with Crippen LogP contribution in [0.1, 0.15) is 27.0 Å². The quantitative estimate of drug-likeness (QED) is 0.403. The zero-order valence-corrected chi connectivity index (χ0v) is 14.4. The highest BCUT2D eigenvalue weighted by Gasteiger charge is 2.55. The van der Waals surface area contributed by atoms with Gasteiger partial charge in [-0.1, -0.05) is 29.8 Å². The predicted octanol–water partition coefficient (Wildman–Crippen LogP) is 3.90. The number of ether oxygens (including phenoxy) is 2. The molecule has 134 valence electrons. The Labute approximate surface area is 158 Å². The van der Waals surface area contributed by atoms with E-state index < -0.39 is 11.6 Å². The topological polar surface area (TPSA) is 102 Å². The van der Waals surface area contributed by atoms with E-state index in [0.717, 1.165) is 0 Å². The Morgan fingerprint density at radius 2 is 1.78 bits per heavy atom. The number of rotatable bonds is 0. The number of esters is 1. The number of hydrogen-bond acceptors (Lipinski definition) is 6. The SMILES string of the molecule is Nc1c(Cl)c(O)cc2c1C1(OC(=O)c3ccccc31)c1ccc(O)cc1O2. The molecular formula is C20H12ClNO5. The lowest BCUT2D eigenvalue weighted by Gasteiger charge is -2.37. The van der Waals surface area contributed by atoms with Crippen molar-refractivity contribution in [2.45, 2.75) is 5.60 Å². The van der Waals surface area contributed by atoms with E-state index in [-0.39, 0.29) is 33.7 Å². The normalized spacial score (nSPS) is 19.1. The number of nitrogens with two attached hydrogens (primary N) is 1. The van der Waals surface area contributed by atoms with E-state index in [9.17, 15) is 15.0 Å². The van der Waals surface area contributed by atoms with E-state index in [1.54, 1.807) is 30.3 Å². The fraction of sp³-hybridized carbons (Fsp3) is 0.0500. The highest BCUT2D eigenvalue weighted by Crippen LogP contribution is 2.59. The Morgan fingerprint density at radius 3 is 2.59 bits per heavy atom. The van der Waals surface area contributed by atoms with Crippen LogP contribution in [0.2, 0.25) is 5.02 Å². The summed E-state index contributed by atoms with van der Waals surface area (Å²) >= 11 is 6.18. The van der Waals surface area contributed by atoms with E-state index in [1.807, 2.05) is 0 Å². The van der Waals surface area contributed by atoms with Crippen molar-refractivity contribution in [2.75, 3.05) is 5.73 Å². The third-order valence-corrected chi connectivity index (χ3v) is 5.33. The number of carbonyl (C=O) groups is 1. The second kappa shape index (κ2) is 5.08. The molecule has 0 bridgehead atoms. The molecule has 2 aliphatic rings. The van der Waals surface area contributed by atoms with Crippen LogP contribution in [0.5, 0.6) is 23.0 Å². The molecule has 0 aliphatic carbocycles. The van der Waals surface area contributed by atoms with Crippen LogP contribution in [0.3, 0.4) is 0 Å². The number of hydrogen-bond donors (Lipinski definition) is 3. The Morgan fingerprint density at radius 1 is 1.00 bits per heavy atom. The molecule has 0 amide bonds. The van der Waals surface area contributed by atoms with Gasteiger partial charge in [0, 0.05) is 23.3 Å². The molecule has 1 spiro atoms. The van der Waals surface area contributed by atoms with Crippen LogP contribution in [0.4, 0.5) is 5.69 Å². The van der Waals surface area contributed by atoms with Crippen molar-refractivity contribution < 1.29 is 24.5 Å². The minimum absolute atomic E-state index is 0.0175. The van der Waals surface area contributed by atoms with Gasteiger partial charge in [-0.2, -0.15) is 0 Å². The summed E-state index contributed by atoms with van der Waals surface area (Å²) in [6, 6.07) is 12.8. The summed E-state index contributed by atoms with van der Waals surface area (Å²) in [4.78, 5) is 12.7. The van der Waals surface area contributed by atoms with Crippen LogP contribution in [-0.4, -0.2) is 16.2 Å². The molecule has 4 N–H and O–H groups in total. The average molecular weight is 382 g/mol. The third-order valence-electron chi connectivity index (χ3n) is 4.93. The maximum absolute atomic E-state index is 12.7. The molecule has 5 rings (SSSR count). The largest absolute Gasteiger partial charge is 0.508 e. The van der Waals surface area contributed by atoms with E-state index >= 15 is 0 Å². The maximum Gasteiger partial charge on any atom is 0.340 e. The number of carbonyl (C=O) groups excluding carboxylic acids is 1. The molecule has 0 radical (unpaired) electrons. The molecule has 2 aliphatic heterocycles. The second-order valence-electron chi connectivity index (χ2n) is 6.40. The molecule has 0 aromatic heterocycles. The number of fused-ring (bicyclic) bond motifs is 6. The second-order valence-corrected chi connectivity index (χ2v) is 6.77. The Hall–Kier alpha value is -3.38. The summed E-state index contributed by atoms with van der Waals surface area (Å²) in [5, 5.41) is 19.9. The summed E-state index contributed by atoms with van der Waals surface area (Å²) in [6.07, 6.45) is 0. The van der Waals surface area contributed by atoms with Gasteiger partial charge in [-0.05, 0) is 18.2 Å². The van der Waals surface area contributed by atoms with Gasteiger partial charge in [0.15, 0.2) is 5.60 Å². The van der Waals surface area contributed by atoms with Crippen molar-refractivity contribution in [3.63, 3.8) is 0 Å². The molecule has 0 fully saturated rings. The van der Waals surface area contributed by atoms with E-state index in [4.69, 9.17) is 26.8 Å². The number of benzene rings is 3. The first-order valence-electron chi connectivity index (χ1n) is 8.09. The molecule has 6 nitrogen and oxygen atoms in total. The predicted molar refractivity (Wildman–Crippen MR) is 97.4 cm³/mol. The lowest BCUT2D eigenvalue weighted by Crippen LogP contribution is -2.34. The van der Waals surface area contributed by atoms with Gasteiger partial charge in [0.05, 0.1) is 16.8 Å². The smallest absolute Gasteiger partial charge is 0.340 e. The van der Waals surface area contributed by atoms with Gasteiger partial charge < -0.3 is 25.4 Å². The van der Waals surface area contributed by atoms with Crippen molar-refractivity contribution in [1.82, 2.24) is 0 Å². The zero-order valence-electron chi connectivity index (χ0n) is 13.7. The van der Waals surface area contributed by atoms with Gasteiger partial charge in [-0.25, -0.2) is 4.79 Å². The fourth-order valence-electron chi connectivity index (χ4n) is 3.83. The van der Waals surface area contributed by atoms with Gasteiger partial charge >= 0.3 is 5.97 Å². The molecule has 1 unspecified atom stereocenters. The van der Waals surface area contributed by atoms with Gasteiger partial charge in [0.1, 0.15) is 28.0 Å². The molecule has 27 heavy (non-hydrogen) atoms. The van der Waals surface area contributed by atoms with E-state index in [1.165, 1.54) is 18.2 Å². The van der Waals surface area contributed by atoms with Gasteiger partial charge in [0.2, 0.25) is 0 Å². The average Bonchev–Trinajstić information content (AvgIpc) is 2.93. The zero-order chi connectivity index (χ0) is 18.9. The lowest BCUT2D eigenvalue weighted by atomic mass is 9.77. The van der Waals surface area contributed by atoms with Crippen LogP contribution in [0, 0.1) is 0 Å². The maximum atomic E-state index is 12.7. The molecule has 1 atom stereocenters. The highest BCUT2D eigenvalue weighted by atomic mass is 35.5. The van der Waals surface area contributed by atoms with Crippen LogP contribution in [0.15, 0.2) is 48.5 Å². The van der Waals surface area contributed by atoms with E-state index in [2.05, 4.69) is 0 Å². The fourth-order valence-corrected chi connectivity index (χ4v) is 3.98. The number of phenolic OH excluding ortho intramolecular Hbond substituents is 2. The molecule has 0 saturated heterocycles. The molecule has 7 heteroatoms. The van der Waals surface area contributed by atoms with Crippen LogP contribution in [-0.2, 0) is 10.3 Å². The number of phenols is 2. The molecule has 0 saturated carbocycles. The first-order valence-corrected chi connectivity index (χ1v) is 8.47. The first kappa shape index (κ1) is 15.8. The number of anilines is 1. The third kappa shape index (κ3) is 1.88. The lowest BCUT2D eigenvalue weighted by molar-refractivity contribution is 0.0227. The van der Waals surface area contributed by atoms with Gasteiger partial charge in [0.25, 0.3) is 0 Å². The van der Waals surface area contributed by atoms with Gasteiger partial charge in [-0.3, -0.25) is 0 Å². The Bertz CT molecular complexity index is 1160. The minimum atomic E-state index is -1.40. The monoisotopic (exact) mass is 381 g/mol. The summed E-state index contributed by atoms with van der Waals surface area (Å²) in [6.45, 7) is 0. The summed E-state index contributed by atoms with van der Waals surface area (Å²) in [7, 11) is 0. The minimum Gasteiger partial charge on any atom is -0.508 e. The van der Waals surface area contributed by atoms with Crippen molar-refractivity contribution in [2.24, 2.45) is 0 Å². The van der Waals surface area contributed by atoms with E-state index in [0.29, 0.717) is 22.3 Å². The van der Waals surface area contributed by atoms with Crippen LogP contribution >= 0.6 is 11.6 Å². The van der Waals surface area contributed by atoms with Gasteiger partial charge in [-0.15, -0.1) is 0 Å². The number of halogens is 1. The summed E-state index contributed by atoms with van der Waals surface area (Å²) in [5.74, 6) is -0.313. The van der Waals surface area contributed by atoms with Crippen LogP contribution < -0.4 is 10.5 Å². The summed E-state index contributed by atoms with van der Waals surface area (Å²) < 4.78 is 11.8. The molecule has 3 aromatic rings. The first-order chi connectivity index (χ1) is 12.9.